The number of aromatic nitrogens is 1. The highest BCUT2D eigenvalue weighted by molar-refractivity contribution is 6.10. The molecular formula is C58H44N2O. The molecule has 0 N–H and O–H groups in total. The van der Waals surface area contributed by atoms with Crippen molar-refractivity contribution in [3.05, 3.63) is 216 Å². The van der Waals surface area contributed by atoms with Gasteiger partial charge in [-0.1, -0.05) is 135 Å². The first-order valence-corrected chi connectivity index (χ1v) is 21.4. The van der Waals surface area contributed by atoms with E-state index in [0.29, 0.717) is 0 Å². The smallest absolute Gasteiger partial charge is 0.135 e. The van der Waals surface area contributed by atoms with Gasteiger partial charge >= 0.3 is 0 Å². The molecule has 0 bridgehead atoms. The molecule has 2 aliphatic rings. The number of fused-ring (bicyclic) bond motifs is 9. The summed E-state index contributed by atoms with van der Waals surface area (Å²) in [7, 11) is 0. The fraction of sp³-hybridized carbons (Fsp3) is 0.103. The minimum Gasteiger partial charge on any atom is -0.456 e. The van der Waals surface area contributed by atoms with Gasteiger partial charge < -0.3 is 13.9 Å². The molecule has 61 heavy (non-hydrogen) atoms. The largest absolute Gasteiger partial charge is 0.456 e. The maximum atomic E-state index is 6.16. The highest BCUT2D eigenvalue weighted by Gasteiger charge is 2.36. The van der Waals surface area contributed by atoms with Crippen molar-refractivity contribution in [1.82, 2.24) is 4.57 Å². The first-order valence-electron chi connectivity index (χ1n) is 21.4. The molecule has 292 valence electrons. The summed E-state index contributed by atoms with van der Waals surface area (Å²) < 4.78 is 8.55. The number of aryl methyl sites for hydroxylation is 1. The Morgan fingerprint density at radius 2 is 1.25 bits per heavy atom. The van der Waals surface area contributed by atoms with Gasteiger partial charge in [0.15, 0.2) is 0 Å². The van der Waals surface area contributed by atoms with E-state index in [9.17, 15) is 0 Å². The zero-order chi connectivity index (χ0) is 40.8. The third-order valence-electron chi connectivity index (χ3n) is 13.4. The third kappa shape index (κ3) is 5.64. The van der Waals surface area contributed by atoms with Crippen LogP contribution >= 0.6 is 0 Å². The van der Waals surface area contributed by atoms with Crippen LogP contribution in [0.15, 0.2) is 199 Å². The summed E-state index contributed by atoms with van der Waals surface area (Å²) in [5.41, 5.74) is 19.3. The predicted octanol–water partition coefficient (Wildman–Crippen LogP) is 15.5. The summed E-state index contributed by atoms with van der Waals surface area (Å²) in [5.74, 6) is 0. The fourth-order valence-corrected chi connectivity index (χ4v) is 10.3. The van der Waals surface area contributed by atoms with Crippen molar-refractivity contribution >= 4 is 60.7 Å². The second kappa shape index (κ2) is 13.6. The first-order chi connectivity index (χ1) is 29.9. The number of hydrogen-bond donors (Lipinski definition) is 0. The number of anilines is 2. The Morgan fingerprint density at radius 3 is 2.10 bits per heavy atom. The number of para-hydroxylation sites is 2. The molecule has 2 heterocycles. The van der Waals surface area contributed by atoms with Gasteiger partial charge in [-0.3, -0.25) is 0 Å². The van der Waals surface area contributed by atoms with Crippen LogP contribution in [0.4, 0.5) is 11.4 Å². The van der Waals surface area contributed by atoms with Crippen molar-refractivity contribution in [1.29, 1.82) is 0 Å². The molecule has 1 unspecified atom stereocenters. The number of rotatable bonds is 6. The van der Waals surface area contributed by atoms with Gasteiger partial charge in [-0.05, 0) is 136 Å². The lowest BCUT2D eigenvalue weighted by Crippen LogP contribution is -2.30. The van der Waals surface area contributed by atoms with E-state index in [1.54, 1.807) is 0 Å². The minimum absolute atomic E-state index is 0.0933. The average molecular weight is 785 g/mol. The first kappa shape index (κ1) is 35.6. The maximum Gasteiger partial charge on any atom is 0.135 e. The van der Waals surface area contributed by atoms with Crippen molar-refractivity contribution in [2.24, 2.45) is 0 Å². The molecule has 0 radical (unpaired) electrons. The number of furan rings is 1. The Kier molecular flexibility index (Phi) is 7.92. The van der Waals surface area contributed by atoms with Crippen molar-refractivity contribution in [2.75, 3.05) is 4.90 Å². The van der Waals surface area contributed by atoms with Crippen molar-refractivity contribution in [3.63, 3.8) is 0 Å². The van der Waals surface area contributed by atoms with Crippen molar-refractivity contribution in [2.45, 2.75) is 38.6 Å². The van der Waals surface area contributed by atoms with E-state index in [2.05, 4.69) is 212 Å². The molecule has 12 rings (SSSR count). The van der Waals surface area contributed by atoms with E-state index in [1.165, 1.54) is 88.9 Å². The Morgan fingerprint density at radius 1 is 0.541 bits per heavy atom. The number of benzene rings is 8. The second-order valence-corrected chi connectivity index (χ2v) is 17.4. The standard InChI is InChI=1S/C58H44N2O/c1-37-11-10-12-44(33-37)60-54-17-8-5-14-48(54)50-34-40(23-31-55(50)60)38-19-25-42(26-20-38)59(45-29-30-47-46-13-4-7-16-52(46)58(2,3)53(47)36-45)43-27-21-39(22-28-43)41-24-32-57-51(35-41)49-15-6-9-18-56(49)61-57/h4-27,29-36,43H,28H2,1-3H3. The van der Waals surface area contributed by atoms with Crippen LogP contribution in [0.2, 0.25) is 0 Å². The molecule has 2 aliphatic carbocycles. The van der Waals surface area contributed by atoms with Crippen LogP contribution in [0.5, 0.6) is 0 Å². The second-order valence-electron chi connectivity index (χ2n) is 17.4. The van der Waals surface area contributed by atoms with Crippen molar-refractivity contribution in [3.8, 4) is 27.9 Å². The van der Waals surface area contributed by atoms with E-state index in [-0.39, 0.29) is 11.5 Å². The molecule has 2 aromatic heterocycles. The highest BCUT2D eigenvalue weighted by Crippen LogP contribution is 2.50. The van der Waals surface area contributed by atoms with Crippen molar-refractivity contribution < 1.29 is 4.42 Å². The van der Waals surface area contributed by atoms with Crippen LogP contribution in [0, 0.1) is 6.92 Å². The van der Waals surface area contributed by atoms with Crippen LogP contribution in [0.25, 0.3) is 77.3 Å². The predicted molar refractivity (Wildman–Crippen MR) is 256 cm³/mol. The summed E-state index contributed by atoms with van der Waals surface area (Å²) in [6, 6.07) is 64.8. The number of hydrogen-bond acceptors (Lipinski definition) is 2. The van der Waals surface area contributed by atoms with Gasteiger partial charge in [0.05, 0.1) is 17.1 Å². The van der Waals surface area contributed by atoms with Gasteiger partial charge in [0.1, 0.15) is 11.2 Å². The van der Waals surface area contributed by atoms with Gasteiger partial charge in [-0.15, -0.1) is 0 Å². The molecule has 10 aromatic rings. The Hall–Kier alpha value is -7.36. The van der Waals surface area contributed by atoms with Gasteiger partial charge in [0.2, 0.25) is 0 Å². The van der Waals surface area contributed by atoms with E-state index in [4.69, 9.17) is 4.42 Å². The lowest BCUT2D eigenvalue weighted by Gasteiger charge is -2.34. The lowest BCUT2D eigenvalue weighted by atomic mass is 9.82. The quantitative estimate of drug-likeness (QED) is 0.167. The van der Waals surface area contributed by atoms with Gasteiger partial charge in [-0.2, -0.15) is 0 Å². The molecule has 0 aliphatic heterocycles. The molecule has 0 spiro atoms. The number of nitrogens with zero attached hydrogens (tertiary/aromatic N) is 2. The molecule has 0 saturated heterocycles. The normalized spacial score (nSPS) is 15.4. The maximum absolute atomic E-state index is 6.16. The lowest BCUT2D eigenvalue weighted by molar-refractivity contribution is 0.659. The Labute approximate surface area is 356 Å². The SMILES string of the molecule is Cc1cccc(-n2c3ccccc3c3cc(-c4ccc(N(c5ccc6c(c5)C(C)(C)c5ccccc5-6)C5C=CC(c6ccc7oc8ccccc8c7c6)=CC5)cc4)ccc32)c1. The molecule has 1 atom stereocenters. The third-order valence-corrected chi connectivity index (χ3v) is 13.4. The summed E-state index contributed by atoms with van der Waals surface area (Å²) >= 11 is 0. The minimum atomic E-state index is -0.0933. The van der Waals surface area contributed by atoms with E-state index in [1.807, 2.05) is 12.1 Å². The van der Waals surface area contributed by atoms with Gasteiger partial charge in [0.25, 0.3) is 0 Å². The average Bonchev–Trinajstić information content (AvgIpc) is 3.92. The van der Waals surface area contributed by atoms with Crippen LogP contribution in [0.3, 0.4) is 0 Å². The molecule has 0 saturated carbocycles. The van der Waals surface area contributed by atoms with E-state index in [0.717, 1.165) is 28.4 Å². The monoisotopic (exact) mass is 784 g/mol. The van der Waals surface area contributed by atoms with Crippen LogP contribution in [-0.4, -0.2) is 10.6 Å². The van der Waals surface area contributed by atoms with E-state index < -0.39 is 0 Å². The molecule has 8 aromatic carbocycles. The summed E-state index contributed by atoms with van der Waals surface area (Å²) in [4.78, 5) is 2.54. The highest BCUT2D eigenvalue weighted by atomic mass is 16.3. The molecule has 3 heteroatoms. The summed E-state index contributed by atoms with van der Waals surface area (Å²) in [5, 5.41) is 4.84. The Bertz CT molecular complexity index is 3450. The topological polar surface area (TPSA) is 21.3 Å². The summed E-state index contributed by atoms with van der Waals surface area (Å²) in [6.07, 6.45) is 7.99. The zero-order valence-corrected chi connectivity index (χ0v) is 34.6. The molecule has 0 fully saturated rings. The van der Waals surface area contributed by atoms with Crippen LogP contribution in [-0.2, 0) is 5.41 Å². The Balaban J connectivity index is 0.925. The van der Waals surface area contributed by atoms with E-state index >= 15 is 0 Å². The van der Waals surface area contributed by atoms with Gasteiger partial charge in [-0.25, -0.2) is 0 Å². The van der Waals surface area contributed by atoms with Gasteiger partial charge in [0, 0.05) is 44.0 Å². The fourth-order valence-electron chi connectivity index (χ4n) is 10.3. The zero-order valence-electron chi connectivity index (χ0n) is 34.6. The summed E-state index contributed by atoms with van der Waals surface area (Å²) in [6.45, 7) is 6.89. The van der Waals surface area contributed by atoms with Crippen LogP contribution < -0.4 is 4.90 Å². The number of allylic oxidation sites excluding steroid dienone is 2. The molecular weight excluding hydrogens is 741 g/mol. The molecule has 0 amide bonds. The molecule has 3 nitrogen and oxygen atoms in total. The van der Waals surface area contributed by atoms with Crippen LogP contribution in [0.1, 0.15) is 42.5 Å².